The fourth-order valence-electron chi connectivity index (χ4n) is 6.42. The van der Waals surface area contributed by atoms with Crippen LogP contribution in [0.4, 0.5) is 0 Å². The predicted molar refractivity (Wildman–Crippen MR) is 179 cm³/mol. The molecule has 0 N–H and O–H groups in total. The van der Waals surface area contributed by atoms with Crippen molar-refractivity contribution < 1.29 is 16.8 Å². The number of aryl methyl sites for hydroxylation is 1. The highest BCUT2D eigenvalue weighted by Crippen LogP contribution is 2.35. The summed E-state index contributed by atoms with van der Waals surface area (Å²) in [6.45, 7) is 2.06. The Bertz CT molecular complexity index is 2350. The number of para-hydroxylation sites is 1. The van der Waals surface area contributed by atoms with Crippen molar-refractivity contribution in [3.8, 4) is 16.9 Å². The van der Waals surface area contributed by atoms with E-state index in [1.165, 1.54) is 14.8 Å². The van der Waals surface area contributed by atoms with Crippen molar-refractivity contribution in [2.45, 2.75) is 29.5 Å². The normalized spacial score (nSPS) is 15.2. The van der Waals surface area contributed by atoms with Gasteiger partial charge < -0.3 is 0 Å². The van der Waals surface area contributed by atoms with E-state index < -0.39 is 19.9 Å². The predicted octanol–water partition coefficient (Wildman–Crippen LogP) is 4.59. The number of fused-ring (bicyclic) bond motifs is 3. The number of aromatic nitrogens is 4. The highest BCUT2D eigenvalue weighted by atomic mass is 32.2. The molecule has 6 aromatic rings. The van der Waals surface area contributed by atoms with Gasteiger partial charge >= 0.3 is 5.69 Å². The lowest BCUT2D eigenvalue weighted by atomic mass is 10.1. The second kappa shape index (κ2) is 11.4. The maximum atomic E-state index is 14.3. The van der Waals surface area contributed by atoms with Gasteiger partial charge in [0.15, 0.2) is 5.65 Å². The lowest BCUT2D eigenvalue weighted by Gasteiger charge is -2.31. The summed E-state index contributed by atoms with van der Waals surface area (Å²) in [7, 11) is -5.46. The van der Waals surface area contributed by atoms with Crippen molar-refractivity contribution in [1.29, 1.82) is 0 Å². The van der Waals surface area contributed by atoms with Gasteiger partial charge in [-0.15, -0.1) is 0 Å². The SMILES string of the molecule is Cn1c(=O)n(-c2ccccc2)c2c3cc(-c4ccc(CN5CCC(S(C)(=O)=O)CC5)cc4)n(S(=O)(=O)c4ccccc4)c3ncc21. The van der Waals surface area contributed by atoms with Crippen LogP contribution in [0.5, 0.6) is 0 Å². The molecule has 46 heavy (non-hydrogen) atoms. The molecule has 12 heteroatoms. The molecule has 3 aromatic carbocycles. The molecule has 236 valence electrons. The Morgan fingerprint density at radius 3 is 2.11 bits per heavy atom. The number of piperidine rings is 1. The van der Waals surface area contributed by atoms with Gasteiger partial charge in [-0.1, -0.05) is 60.7 Å². The lowest BCUT2D eigenvalue weighted by molar-refractivity contribution is 0.222. The van der Waals surface area contributed by atoms with E-state index in [2.05, 4.69) is 9.88 Å². The third kappa shape index (κ3) is 5.16. The number of imidazole rings is 1. The zero-order chi connectivity index (χ0) is 32.2. The monoisotopic (exact) mass is 655 g/mol. The Morgan fingerprint density at radius 2 is 1.48 bits per heavy atom. The fraction of sp³-hybridized carbons (Fsp3) is 0.235. The van der Waals surface area contributed by atoms with Gasteiger partial charge in [0.25, 0.3) is 10.0 Å². The number of likely N-dealkylation sites (tertiary alicyclic amines) is 1. The molecule has 1 aliphatic rings. The lowest BCUT2D eigenvalue weighted by Crippen LogP contribution is -2.38. The number of pyridine rings is 1. The summed E-state index contributed by atoms with van der Waals surface area (Å²) in [5.41, 5.74) is 3.91. The van der Waals surface area contributed by atoms with E-state index in [4.69, 9.17) is 0 Å². The molecular weight excluding hydrogens is 623 g/mol. The maximum absolute atomic E-state index is 14.3. The second-order valence-electron chi connectivity index (χ2n) is 11.9. The van der Waals surface area contributed by atoms with E-state index in [9.17, 15) is 21.6 Å². The molecule has 0 spiro atoms. The van der Waals surface area contributed by atoms with Gasteiger partial charge in [0, 0.05) is 25.2 Å². The fourth-order valence-corrected chi connectivity index (χ4v) is 8.99. The number of benzene rings is 3. The molecule has 1 aliphatic heterocycles. The third-order valence-electron chi connectivity index (χ3n) is 8.89. The molecule has 1 saturated heterocycles. The molecule has 1 fully saturated rings. The minimum absolute atomic E-state index is 0.123. The van der Waals surface area contributed by atoms with Gasteiger partial charge in [-0.2, -0.15) is 0 Å². The number of hydrogen-bond donors (Lipinski definition) is 0. The van der Waals surface area contributed by atoms with Crippen molar-refractivity contribution in [2.24, 2.45) is 7.05 Å². The van der Waals surface area contributed by atoms with E-state index in [-0.39, 0.29) is 21.5 Å². The van der Waals surface area contributed by atoms with E-state index in [1.807, 2.05) is 54.6 Å². The maximum Gasteiger partial charge on any atom is 0.333 e. The number of nitrogens with zero attached hydrogens (tertiary/aromatic N) is 5. The van der Waals surface area contributed by atoms with Crippen molar-refractivity contribution in [3.05, 3.63) is 113 Å². The van der Waals surface area contributed by atoms with Crippen LogP contribution in [0, 0.1) is 0 Å². The Kier molecular flexibility index (Phi) is 7.46. The van der Waals surface area contributed by atoms with E-state index >= 15 is 0 Å². The number of hydrogen-bond acceptors (Lipinski definition) is 7. The molecule has 0 atom stereocenters. The standard InChI is InChI=1S/C34H33N5O5S2/c1-36-31-22-35-33-29(32(31)38(34(36)40)26-9-5-3-6-10-26)21-30(39(33)46(43,44)28-11-7-4-8-12-28)25-15-13-24(14-16-25)23-37-19-17-27(18-20-37)45(2,41)42/h3-16,21-22,27H,17-20,23H2,1-2H3. The first kappa shape index (κ1) is 30.2. The van der Waals surface area contributed by atoms with Crippen LogP contribution in [0.15, 0.2) is 107 Å². The minimum Gasteiger partial charge on any atom is -0.299 e. The minimum atomic E-state index is -4.10. The van der Waals surface area contributed by atoms with Gasteiger partial charge in [0.2, 0.25) is 0 Å². The van der Waals surface area contributed by atoms with Crippen molar-refractivity contribution in [2.75, 3.05) is 19.3 Å². The summed E-state index contributed by atoms with van der Waals surface area (Å²) in [6.07, 6.45) is 4.09. The molecule has 3 aromatic heterocycles. The zero-order valence-corrected chi connectivity index (χ0v) is 27.1. The average Bonchev–Trinajstić information content (AvgIpc) is 3.58. The Hall–Kier alpha value is -4.52. The molecule has 0 aliphatic carbocycles. The Morgan fingerprint density at radius 1 is 0.848 bits per heavy atom. The van der Waals surface area contributed by atoms with Crippen molar-refractivity contribution in [1.82, 2.24) is 23.0 Å². The molecule has 0 bridgehead atoms. The van der Waals surface area contributed by atoms with E-state index in [0.717, 1.165) is 5.56 Å². The van der Waals surface area contributed by atoms with Gasteiger partial charge in [-0.05, 0) is 67.4 Å². The molecule has 0 amide bonds. The van der Waals surface area contributed by atoms with Crippen LogP contribution in [0.25, 0.3) is 39.0 Å². The molecular formula is C34H33N5O5S2. The molecule has 0 unspecified atom stereocenters. The van der Waals surface area contributed by atoms with Gasteiger partial charge in [-0.3, -0.25) is 14.0 Å². The van der Waals surface area contributed by atoms with Crippen molar-refractivity contribution >= 4 is 41.9 Å². The van der Waals surface area contributed by atoms with Crippen LogP contribution in [0.3, 0.4) is 0 Å². The first-order chi connectivity index (χ1) is 22.0. The summed E-state index contributed by atoms with van der Waals surface area (Å²) in [4.78, 5) is 20.5. The third-order valence-corrected chi connectivity index (χ3v) is 12.3. The molecule has 0 saturated carbocycles. The zero-order valence-electron chi connectivity index (χ0n) is 25.4. The van der Waals surface area contributed by atoms with Gasteiger partial charge in [0.05, 0.1) is 38.8 Å². The Labute approximate surface area is 267 Å². The second-order valence-corrected chi connectivity index (χ2v) is 16.0. The van der Waals surface area contributed by atoms with E-state index in [0.29, 0.717) is 65.8 Å². The summed E-state index contributed by atoms with van der Waals surface area (Å²) in [6, 6.07) is 27.0. The quantitative estimate of drug-likeness (QED) is 0.247. The van der Waals surface area contributed by atoms with Crippen LogP contribution in [0.2, 0.25) is 0 Å². The summed E-state index contributed by atoms with van der Waals surface area (Å²) in [5.74, 6) is 0. The highest BCUT2D eigenvalue weighted by molar-refractivity contribution is 7.91. The molecule has 10 nitrogen and oxygen atoms in total. The highest BCUT2D eigenvalue weighted by Gasteiger charge is 2.29. The number of rotatable bonds is 7. The first-order valence-electron chi connectivity index (χ1n) is 15.0. The van der Waals surface area contributed by atoms with Gasteiger partial charge in [0.1, 0.15) is 9.84 Å². The van der Waals surface area contributed by atoms with Crippen LogP contribution in [-0.2, 0) is 33.5 Å². The largest absolute Gasteiger partial charge is 0.333 e. The molecule has 4 heterocycles. The summed E-state index contributed by atoms with van der Waals surface area (Å²) in [5, 5.41) is 0.244. The first-order valence-corrected chi connectivity index (χ1v) is 18.4. The van der Waals surface area contributed by atoms with Crippen LogP contribution < -0.4 is 5.69 Å². The molecule has 7 rings (SSSR count). The van der Waals surface area contributed by atoms with Crippen LogP contribution in [-0.4, -0.2) is 64.4 Å². The topological polar surface area (TPSA) is 116 Å². The summed E-state index contributed by atoms with van der Waals surface area (Å²) < 4.78 is 56.9. The smallest absolute Gasteiger partial charge is 0.299 e. The number of sulfone groups is 1. The summed E-state index contributed by atoms with van der Waals surface area (Å²) >= 11 is 0. The van der Waals surface area contributed by atoms with E-state index in [1.54, 1.807) is 54.2 Å². The van der Waals surface area contributed by atoms with Crippen molar-refractivity contribution in [3.63, 3.8) is 0 Å². The van der Waals surface area contributed by atoms with Crippen LogP contribution >= 0.6 is 0 Å². The average molecular weight is 656 g/mol. The van der Waals surface area contributed by atoms with Crippen LogP contribution in [0.1, 0.15) is 18.4 Å². The molecule has 0 radical (unpaired) electrons. The Balaban J connectivity index is 1.37. The van der Waals surface area contributed by atoms with Gasteiger partial charge in [-0.25, -0.2) is 30.6 Å².